The van der Waals surface area contributed by atoms with Crippen LogP contribution in [0.15, 0.2) is 85.6 Å². The average Bonchev–Trinajstić information content (AvgIpc) is 3.47. The lowest BCUT2D eigenvalue weighted by atomic mass is 10.2. The van der Waals surface area contributed by atoms with Crippen molar-refractivity contribution in [3.8, 4) is 17.2 Å². The molecule has 7 heteroatoms. The van der Waals surface area contributed by atoms with Crippen LogP contribution in [0.25, 0.3) is 5.69 Å². The fraction of sp³-hybridized carbons (Fsp3) is 0.0870. The molecule has 4 aromatic rings. The molecule has 3 heterocycles. The number of hydrogen-bond acceptors (Lipinski definition) is 5. The van der Waals surface area contributed by atoms with E-state index in [9.17, 15) is 4.79 Å². The van der Waals surface area contributed by atoms with Crippen molar-refractivity contribution >= 4 is 11.6 Å². The molecule has 1 aliphatic heterocycles. The fourth-order valence-electron chi connectivity index (χ4n) is 3.39. The van der Waals surface area contributed by atoms with E-state index in [2.05, 4.69) is 9.97 Å². The van der Waals surface area contributed by atoms with Gasteiger partial charge in [-0.15, -0.1) is 0 Å². The molecular formula is C23H18N4O3. The van der Waals surface area contributed by atoms with Crippen LogP contribution in [0.1, 0.15) is 16.1 Å². The summed E-state index contributed by atoms with van der Waals surface area (Å²) >= 11 is 0. The van der Waals surface area contributed by atoms with Gasteiger partial charge in [0, 0.05) is 29.8 Å². The van der Waals surface area contributed by atoms with E-state index in [1.807, 2.05) is 60.7 Å². The maximum absolute atomic E-state index is 13.7. The first-order valence-electron chi connectivity index (χ1n) is 9.48. The van der Waals surface area contributed by atoms with Crippen molar-refractivity contribution in [3.63, 3.8) is 0 Å². The molecule has 5 rings (SSSR count). The molecule has 0 bridgehead atoms. The zero-order chi connectivity index (χ0) is 20.3. The van der Waals surface area contributed by atoms with Gasteiger partial charge in [-0.05, 0) is 35.9 Å². The van der Waals surface area contributed by atoms with Crippen LogP contribution in [-0.4, -0.2) is 27.2 Å². The molecule has 0 unspecified atom stereocenters. The monoisotopic (exact) mass is 398 g/mol. The Morgan fingerprint density at radius 2 is 1.83 bits per heavy atom. The number of anilines is 1. The van der Waals surface area contributed by atoms with Crippen LogP contribution in [0.3, 0.4) is 0 Å². The molecule has 0 N–H and O–H groups in total. The Hall–Kier alpha value is -4.13. The van der Waals surface area contributed by atoms with Crippen LogP contribution in [0.5, 0.6) is 11.5 Å². The van der Waals surface area contributed by atoms with Crippen LogP contribution in [0.2, 0.25) is 0 Å². The standard InChI is InChI=1S/C23H18N4O3/c28-23(20-13-25-15-27(20)18-6-2-1-3-7-18)26(14-17-5-4-10-24-12-17)19-8-9-21-22(11-19)30-16-29-21/h1-13,15H,14,16H2. The molecule has 0 aliphatic carbocycles. The molecule has 0 spiro atoms. The lowest BCUT2D eigenvalue weighted by molar-refractivity contribution is 0.0978. The van der Waals surface area contributed by atoms with E-state index in [-0.39, 0.29) is 12.7 Å². The lowest BCUT2D eigenvalue weighted by Crippen LogP contribution is -2.32. The average molecular weight is 398 g/mol. The third-order valence-corrected chi connectivity index (χ3v) is 4.87. The molecular weight excluding hydrogens is 380 g/mol. The Bertz CT molecular complexity index is 1180. The van der Waals surface area contributed by atoms with Crippen molar-refractivity contribution in [1.82, 2.24) is 14.5 Å². The Morgan fingerprint density at radius 3 is 2.67 bits per heavy atom. The van der Waals surface area contributed by atoms with Crippen LogP contribution >= 0.6 is 0 Å². The minimum Gasteiger partial charge on any atom is -0.454 e. The zero-order valence-electron chi connectivity index (χ0n) is 16.0. The molecule has 0 radical (unpaired) electrons. The van der Waals surface area contributed by atoms with Crippen LogP contribution in [-0.2, 0) is 6.54 Å². The van der Waals surface area contributed by atoms with E-state index in [0.29, 0.717) is 29.4 Å². The second-order valence-electron chi connectivity index (χ2n) is 6.77. The van der Waals surface area contributed by atoms with Gasteiger partial charge in [0.1, 0.15) is 5.69 Å². The fourth-order valence-corrected chi connectivity index (χ4v) is 3.39. The number of imidazole rings is 1. The molecule has 0 fully saturated rings. The first kappa shape index (κ1) is 17.9. The number of fused-ring (bicyclic) bond motifs is 1. The number of carbonyl (C=O) groups excluding carboxylic acids is 1. The highest BCUT2D eigenvalue weighted by molar-refractivity contribution is 6.05. The highest BCUT2D eigenvalue weighted by Gasteiger charge is 2.24. The molecule has 0 atom stereocenters. The van der Waals surface area contributed by atoms with Gasteiger partial charge in [-0.1, -0.05) is 24.3 Å². The summed E-state index contributed by atoms with van der Waals surface area (Å²) in [5.41, 5.74) is 2.94. The molecule has 30 heavy (non-hydrogen) atoms. The third kappa shape index (κ3) is 3.37. The quantitative estimate of drug-likeness (QED) is 0.511. The van der Waals surface area contributed by atoms with Crippen molar-refractivity contribution in [1.29, 1.82) is 0 Å². The molecule has 1 aliphatic rings. The lowest BCUT2D eigenvalue weighted by Gasteiger charge is -2.23. The smallest absolute Gasteiger partial charge is 0.277 e. The molecule has 1 amide bonds. The normalized spacial score (nSPS) is 12.0. The number of amides is 1. The number of hydrogen-bond donors (Lipinski definition) is 0. The highest BCUT2D eigenvalue weighted by atomic mass is 16.7. The number of benzene rings is 2. The van der Waals surface area contributed by atoms with E-state index >= 15 is 0 Å². The topological polar surface area (TPSA) is 69.5 Å². The van der Waals surface area contributed by atoms with Gasteiger partial charge in [0.2, 0.25) is 6.79 Å². The van der Waals surface area contributed by atoms with E-state index in [1.165, 1.54) is 0 Å². The maximum Gasteiger partial charge on any atom is 0.277 e. The summed E-state index contributed by atoms with van der Waals surface area (Å²) in [4.78, 5) is 23.8. The Balaban J connectivity index is 1.55. The number of nitrogens with zero attached hydrogens (tertiary/aromatic N) is 4. The molecule has 2 aromatic carbocycles. The zero-order valence-corrected chi connectivity index (χ0v) is 16.0. The van der Waals surface area contributed by atoms with Crippen molar-refractivity contribution in [2.45, 2.75) is 6.54 Å². The molecule has 7 nitrogen and oxygen atoms in total. The van der Waals surface area contributed by atoms with E-state index < -0.39 is 0 Å². The van der Waals surface area contributed by atoms with Crippen molar-refractivity contribution in [2.75, 3.05) is 11.7 Å². The first-order valence-corrected chi connectivity index (χ1v) is 9.48. The number of aromatic nitrogens is 3. The Labute approximate surface area is 173 Å². The summed E-state index contributed by atoms with van der Waals surface area (Å²) in [6.07, 6.45) is 6.69. The Morgan fingerprint density at radius 1 is 0.967 bits per heavy atom. The predicted molar refractivity (Wildman–Crippen MR) is 111 cm³/mol. The van der Waals surface area contributed by atoms with E-state index in [4.69, 9.17) is 9.47 Å². The van der Waals surface area contributed by atoms with Gasteiger partial charge < -0.3 is 14.4 Å². The van der Waals surface area contributed by atoms with Crippen LogP contribution in [0.4, 0.5) is 5.69 Å². The molecule has 0 saturated heterocycles. The van der Waals surface area contributed by atoms with Gasteiger partial charge in [-0.25, -0.2) is 4.98 Å². The SMILES string of the molecule is O=C(c1cncn1-c1ccccc1)N(Cc1cccnc1)c1ccc2c(c1)OCO2. The number of rotatable bonds is 5. The summed E-state index contributed by atoms with van der Waals surface area (Å²) in [7, 11) is 0. The summed E-state index contributed by atoms with van der Waals surface area (Å²) in [5, 5.41) is 0. The van der Waals surface area contributed by atoms with Crippen molar-refractivity contribution in [2.24, 2.45) is 0 Å². The first-order chi connectivity index (χ1) is 14.8. The molecule has 2 aromatic heterocycles. The summed E-state index contributed by atoms with van der Waals surface area (Å²) < 4.78 is 12.7. The minimum absolute atomic E-state index is 0.177. The largest absolute Gasteiger partial charge is 0.454 e. The van der Waals surface area contributed by atoms with Gasteiger partial charge in [0.05, 0.1) is 19.1 Å². The van der Waals surface area contributed by atoms with Crippen molar-refractivity contribution < 1.29 is 14.3 Å². The van der Waals surface area contributed by atoms with Gasteiger partial charge >= 0.3 is 0 Å². The van der Waals surface area contributed by atoms with E-state index in [1.54, 1.807) is 34.4 Å². The Kier molecular flexibility index (Phi) is 4.61. The summed E-state index contributed by atoms with van der Waals surface area (Å²) in [6.45, 7) is 0.530. The highest BCUT2D eigenvalue weighted by Crippen LogP contribution is 2.36. The van der Waals surface area contributed by atoms with Gasteiger partial charge in [0.15, 0.2) is 11.5 Å². The number of pyridine rings is 1. The summed E-state index contributed by atoms with van der Waals surface area (Å²) in [5.74, 6) is 1.11. The van der Waals surface area contributed by atoms with Gasteiger partial charge in [0.25, 0.3) is 5.91 Å². The van der Waals surface area contributed by atoms with Crippen molar-refractivity contribution in [3.05, 3.63) is 96.8 Å². The minimum atomic E-state index is -0.181. The maximum atomic E-state index is 13.7. The number of carbonyl (C=O) groups is 1. The number of ether oxygens (including phenoxy) is 2. The van der Waals surface area contributed by atoms with Crippen LogP contribution in [0, 0.1) is 0 Å². The van der Waals surface area contributed by atoms with Crippen LogP contribution < -0.4 is 14.4 Å². The predicted octanol–water partition coefficient (Wildman–Crippen LogP) is 3.84. The third-order valence-electron chi connectivity index (χ3n) is 4.87. The van der Waals surface area contributed by atoms with Gasteiger partial charge in [-0.2, -0.15) is 0 Å². The number of para-hydroxylation sites is 1. The second kappa shape index (κ2) is 7.71. The second-order valence-corrected chi connectivity index (χ2v) is 6.77. The van der Waals surface area contributed by atoms with E-state index in [0.717, 1.165) is 11.3 Å². The summed E-state index contributed by atoms with van der Waals surface area (Å²) in [6, 6.07) is 18.9. The molecule has 148 valence electrons. The molecule has 0 saturated carbocycles. The van der Waals surface area contributed by atoms with Gasteiger partial charge in [-0.3, -0.25) is 14.3 Å².